The van der Waals surface area contributed by atoms with E-state index in [4.69, 9.17) is 5.73 Å². The molecule has 1 aromatic heterocycles. The molecule has 8 nitrogen and oxygen atoms in total. The van der Waals surface area contributed by atoms with Crippen molar-refractivity contribution >= 4 is 32.4 Å². The van der Waals surface area contributed by atoms with Crippen molar-refractivity contribution in [2.24, 2.45) is 11.7 Å². The van der Waals surface area contributed by atoms with Gasteiger partial charge in [-0.25, -0.2) is 13.1 Å². The monoisotopic (exact) mass is 307 g/mol. The molecule has 4 N–H and O–H groups in total. The number of aromatic nitrogens is 2. The molecule has 2 unspecified atom stereocenters. The molecule has 0 fully saturated rings. The maximum Gasteiger partial charge on any atom is 0.270 e. The fourth-order valence-electron chi connectivity index (χ4n) is 1.13. The van der Waals surface area contributed by atoms with Gasteiger partial charge in [-0.2, -0.15) is 0 Å². The Bertz CT molecular complexity index is 542. The molecule has 1 heterocycles. The van der Waals surface area contributed by atoms with E-state index in [9.17, 15) is 13.2 Å². The Labute approximate surface area is 115 Å². The Kier molecular flexibility index (Phi) is 5.35. The van der Waals surface area contributed by atoms with Crippen LogP contribution in [0.15, 0.2) is 4.34 Å². The number of nitrogens with one attached hydrogen (secondary N) is 2. The second kappa shape index (κ2) is 6.37. The van der Waals surface area contributed by atoms with Gasteiger partial charge in [0.25, 0.3) is 10.0 Å². The van der Waals surface area contributed by atoms with Crippen molar-refractivity contribution in [1.29, 1.82) is 0 Å². The first-order valence-corrected chi connectivity index (χ1v) is 7.89. The van der Waals surface area contributed by atoms with E-state index >= 15 is 0 Å². The van der Waals surface area contributed by atoms with Gasteiger partial charge in [-0.15, -0.1) is 10.2 Å². The summed E-state index contributed by atoms with van der Waals surface area (Å²) in [6.07, 6.45) is 0. The number of nitrogens with zero attached hydrogens (tertiary/aromatic N) is 2. The maximum atomic E-state index is 12.0. The summed E-state index contributed by atoms with van der Waals surface area (Å²) in [5.41, 5.74) is 5.48. The van der Waals surface area contributed by atoms with Gasteiger partial charge < -0.3 is 11.1 Å². The first-order valence-electron chi connectivity index (χ1n) is 5.59. The second-order valence-corrected chi connectivity index (χ2v) is 7.04. The summed E-state index contributed by atoms with van der Waals surface area (Å²) < 4.78 is 26.3. The summed E-state index contributed by atoms with van der Waals surface area (Å²) in [6, 6.07) is -0.317. The van der Waals surface area contributed by atoms with Crippen LogP contribution in [0.2, 0.25) is 0 Å². The summed E-state index contributed by atoms with van der Waals surface area (Å²) >= 11 is 0.794. The number of carbonyl (C=O) groups is 1. The molecule has 0 aliphatic rings. The van der Waals surface area contributed by atoms with Crippen LogP contribution in [0, 0.1) is 5.92 Å². The van der Waals surface area contributed by atoms with Gasteiger partial charge in [-0.05, 0) is 19.4 Å². The number of anilines is 1. The van der Waals surface area contributed by atoms with E-state index in [2.05, 4.69) is 20.2 Å². The number of carbonyl (C=O) groups excluding carboxylic acids is 1. The number of rotatable bonds is 6. The predicted octanol–water partition coefficient (Wildman–Crippen LogP) is -0.242. The first kappa shape index (κ1) is 16.0. The SMILES string of the molecule is CC(=O)Nc1nnc(S(=O)(=O)NC(C)C(C)CN)s1. The summed E-state index contributed by atoms with van der Waals surface area (Å²) in [6.45, 7) is 5.25. The fraction of sp³-hybridized carbons (Fsp3) is 0.667. The smallest absolute Gasteiger partial charge is 0.270 e. The minimum atomic E-state index is -3.74. The topological polar surface area (TPSA) is 127 Å². The Morgan fingerprint density at radius 3 is 2.58 bits per heavy atom. The predicted molar refractivity (Wildman–Crippen MR) is 72.2 cm³/mol. The van der Waals surface area contributed by atoms with Gasteiger partial charge in [0.05, 0.1) is 0 Å². The Hall–Kier alpha value is -1.10. The lowest BCUT2D eigenvalue weighted by Crippen LogP contribution is -2.39. The highest BCUT2D eigenvalue weighted by atomic mass is 32.2. The lowest BCUT2D eigenvalue weighted by Gasteiger charge is -2.18. The molecular weight excluding hydrogens is 290 g/mol. The molecule has 0 saturated carbocycles. The molecule has 0 spiro atoms. The molecule has 0 aliphatic heterocycles. The quantitative estimate of drug-likeness (QED) is 0.622. The minimum absolute atomic E-state index is 0.00230. The number of hydrogen-bond donors (Lipinski definition) is 3. The molecule has 1 amide bonds. The molecule has 0 aliphatic carbocycles. The third-order valence-corrected chi connectivity index (χ3v) is 5.25. The van der Waals surface area contributed by atoms with Gasteiger partial charge >= 0.3 is 0 Å². The van der Waals surface area contributed by atoms with Crippen molar-refractivity contribution in [1.82, 2.24) is 14.9 Å². The zero-order chi connectivity index (χ0) is 14.6. The van der Waals surface area contributed by atoms with Crippen molar-refractivity contribution in [2.45, 2.75) is 31.2 Å². The highest BCUT2D eigenvalue weighted by Crippen LogP contribution is 2.20. The zero-order valence-corrected chi connectivity index (χ0v) is 12.5. The molecule has 0 saturated heterocycles. The lowest BCUT2D eigenvalue weighted by molar-refractivity contribution is -0.114. The zero-order valence-electron chi connectivity index (χ0n) is 10.9. The van der Waals surface area contributed by atoms with Gasteiger partial charge in [0.15, 0.2) is 0 Å². The molecule has 0 radical (unpaired) electrons. The summed E-state index contributed by atoms with van der Waals surface area (Å²) in [5.74, 6) is -0.337. The van der Waals surface area contributed by atoms with Gasteiger partial charge in [0.2, 0.25) is 15.4 Å². The van der Waals surface area contributed by atoms with Gasteiger partial charge in [0.1, 0.15) is 0 Å². The molecule has 108 valence electrons. The highest BCUT2D eigenvalue weighted by molar-refractivity contribution is 7.91. The van der Waals surface area contributed by atoms with Crippen molar-refractivity contribution in [3.8, 4) is 0 Å². The molecule has 2 atom stereocenters. The van der Waals surface area contributed by atoms with Crippen LogP contribution in [0.25, 0.3) is 0 Å². The van der Waals surface area contributed by atoms with Crippen LogP contribution in [-0.4, -0.2) is 37.1 Å². The van der Waals surface area contributed by atoms with Crippen molar-refractivity contribution in [3.63, 3.8) is 0 Å². The molecule has 1 rings (SSSR count). The molecule has 19 heavy (non-hydrogen) atoms. The average molecular weight is 307 g/mol. The van der Waals surface area contributed by atoms with E-state index in [1.54, 1.807) is 6.92 Å². The van der Waals surface area contributed by atoms with Crippen LogP contribution in [0.1, 0.15) is 20.8 Å². The van der Waals surface area contributed by atoms with E-state index in [-0.39, 0.29) is 27.3 Å². The highest BCUT2D eigenvalue weighted by Gasteiger charge is 2.24. The normalized spacial score (nSPS) is 14.9. The van der Waals surface area contributed by atoms with E-state index in [0.717, 1.165) is 11.3 Å². The van der Waals surface area contributed by atoms with Crippen LogP contribution in [-0.2, 0) is 14.8 Å². The van der Waals surface area contributed by atoms with Gasteiger partial charge in [0, 0.05) is 13.0 Å². The number of nitrogens with two attached hydrogens (primary N) is 1. The van der Waals surface area contributed by atoms with Gasteiger partial charge in [-0.1, -0.05) is 18.3 Å². The Morgan fingerprint density at radius 1 is 1.42 bits per heavy atom. The van der Waals surface area contributed by atoms with Crippen molar-refractivity contribution < 1.29 is 13.2 Å². The lowest BCUT2D eigenvalue weighted by atomic mass is 10.1. The van der Waals surface area contributed by atoms with Crippen LogP contribution in [0.5, 0.6) is 0 Å². The number of sulfonamides is 1. The van der Waals surface area contributed by atoms with Crippen LogP contribution in [0.3, 0.4) is 0 Å². The number of hydrogen-bond acceptors (Lipinski definition) is 7. The van der Waals surface area contributed by atoms with E-state index in [1.807, 2.05) is 6.92 Å². The van der Waals surface area contributed by atoms with E-state index < -0.39 is 10.0 Å². The standard InChI is InChI=1S/C9H17N5O3S2/c1-5(4-10)6(2)14-19(16,17)9-13-12-8(18-9)11-7(3)15/h5-6,14H,4,10H2,1-3H3,(H,11,12,15). The largest absolute Gasteiger partial charge is 0.330 e. The van der Waals surface area contributed by atoms with Gasteiger partial charge in [-0.3, -0.25) is 4.79 Å². The average Bonchev–Trinajstić information content (AvgIpc) is 2.75. The van der Waals surface area contributed by atoms with E-state index in [0.29, 0.717) is 6.54 Å². The minimum Gasteiger partial charge on any atom is -0.330 e. The molecular formula is C9H17N5O3S2. The Morgan fingerprint density at radius 2 is 2.05 bits per heavy atom. The molecule has 0 bridgehead atoms. The maximum absolute atomic E-state index is 12.0. The first-order chi connectivity index (χ1) is 8.76. The third-order valence-electron chi connectivity index (χ3n) is 2.49. The van der Waals surface area contributed by atoms with Crippen LogP contribution >= 0.6 is 11.3 Å². The molecule has 0 aromatic carbocycles. The Balaban J connectivity index is 2.83. The van der Waals surface area contributed by atoms with Crippen LogP contribution < -0.4 is 15.8 Å². The third kappa shape index (κ3) is 4.49. The fourth-order valence-corrected chi connectivity index (χ4v) is 3.45. The summed E-state index contributed by atoms with van der Waals surface area (Å²) in [4.78, 5) is 10.8. The summed E-state index contributed by atoms with van der Waals surface area (Å²) in [5, 5.41) is 9.66. The number of amides is 1. The van der Waals surface area contributed by atoms with Crippen molar-refractivity contribution in [2.75, 3.05) is 11.9 Å². The molecule has 10 heteroatoms. The van der Waals surface area contributed by atoms with E-state index in [1.165, 1.54) is 6.92 Å². The summed E-state index contributed by atoms with van der Waals surface area (Å²) in [7, 11) is -3.74. The van der Waals surface area contributed by atoms with Crippen molar-refractivity contribution in [3.05, 3.63) is 0 Å². The molecule has 1 aromatic rings. The second-order valence-electron chi connectivity index (χ2n) is 4.18. The van der Waals surface area contributed by atoms with Crippen LogP contribution in [0.4, 0.5) is 5.13 Å².